The molecule has 112 valence electrons. The van der Waals surface area contributed by atoms with Crippen LogP contribution in [0.15, 0.2) is 6.20 Å². The van der Waals surface area contributed by atoms with Crippen molar-refractivity contribution in [1.82, 2.24) is 14.8 Å². The van der Waals surface area contributed by atoms with Crippen molar-refractivity contribution in [2.75, 3.05) is 45.2 Å². The van der Waals surface area contributed by atoms with Crippen molar-refractivity contribution >= 4 is 15.9 Å². The van der Waals surface area contributed by atoms with Crippen LogP contribution in [0.1, 0.15) is 16.8 Å². The Kier molecular flexibility index (Phi) is 5.81. The highest BCUT2D eigenvalue weighted by molar-refractivity contribution is 9.09. The van der Waals surface area contributed by atoms with Gasteiger partial charge in [0.1, 0.15) is 5.75 Å². The van der Waals surface area contributed by atoms with Crippen molar-refractivity contribution in [2.24, 2.45) is 0 Å². The molecule has 0 unspecified atom stereocenters. The fourth-order valence-electron chi connectivity index (χ4n) is 2.73. The fourth-order valence-corrected chi connectivity index (χ4v) is 3.23. The van der Waals surface area contributed by atoms with E-state index in [-0.39, 0.29) is 0 Å². The molecule has 0 saturated carbocycles. The van der Waals surface area contributed by atoms with Gasteiger partial charge in [-0.3, -0.25) is 14.8 Å². The molecule has 1 saturated heterocycles. The van der Waals surface area contributed by atoms with Crippen LogP contribution in [0.5, 0.6) is 5.75 Å². The predicted molar refractivity (Wildman–Crippen MR) is 85.8 cm³/mol. The lowest BCUT2D eigenvalue weighted by Gasteiger charge is -2.34. The Hall–Kier alpha value is -0.650. The first-order chi connectivity index (χ1) is 9.65. The molecule has 0 bridgehead atoms. The monoisotopic (exact) mass is 341 g/mol. The lowest BCUT2D eigenvalue weighted by molar-refractivity contribution is 0.131. The van der Waals surface area contributed by atoms with E-state index in [1.165, 1.54) is 5.56 Å². The highest BCUT2D eigenvalue weighted by Gasteiger charge is 2.18. The number of alkyl halides is 1. The summed E-state index contributed by atoms with van der Waals surface area (Å²) in [5.41, 5.74) is 3.42. The molecule has 1 aromatic rings. The molecule has 0 spiro atoms. The van der Waals surface area contributed by atoms with Crippen LogP contribution in [0.3, 0.4) is 0 Å². The van der Waals surface area contributed by atoms with Crippen LogP contribution in [0, 0.1) is 13.8 Å². The smallest absolute Gasteiger partial charge is 0.128 e. The third kappa shape index (κ3) is 3.71. The summed E-state index contributed by atoms with van der Waals surface area (Å²) in [6.45, 7) is 10.7. The van der Waals surface area contributed by atoms with Gasteiger partial charge >= 0.3 is 0 Å². The molecule has 0 aliphatic carbocycles. The van der Waals surface area contributed by atoms with E-state index in [1.807, 2.05) is 13.1 Å². The van der Waals surface area contributed by atoms with Crippen LogP contribution in [0.4, 0.5) is 0 Å². The summed E-state index contributed by atoms with van der Waals surface area (Å²) in [4.78, 5) is 9.58. The molecule has 1 aliphatic rings. The maximum atomic E-state index is 5.48. The lowest BCUT2D eigenvalue weighted by atomic mass is 10.1. The molecule has 1 aromatic heterocycles. The van der Waals surface area contributed by atoms with Crippen molar-refractivity contribution < 1.29 is 4.74 Å². The van der Waals surface area contributed by atoms with Crippen LogP contribution in [-0.4, -0.2) is 59.9 Å². The lowest BCUT2D eigenvalue weighted by Crippen LogP contribution is -2.46. The molecule has 4 nitrogen and oxygen atoms in total. The van der Waals surface area contributed by atoms with E-state index in [1.54, 1.807) is 7.11 Å². The molecule has 0 N–H and O–H groups in total. The average Bonchev–Trinajstić information content (AvgIpc) is 2.45. The van der Waals surface area contributed by atoms with Gasteiger partial charge in [0.2, 0.25) is 0 Å². The van der Waals surface area contributed by atoms with E-state index in [0.717, 1.165) is 61.6 Å². The second kappa shape index (κ2) is 7.38. The SMILES string of the molecule is COc1c(C)cnc(CN2CCN(CCBr)CC2)c1C. The van der Waals surface area contributed by atoms with Gasteiger partial charge in [0.05, 0.1) is 12.8 Å². The second-order valence-corrected chi connectivity index (χ2v) is 6.15. The highest BCUT2D eigenvalue weighted by atomic mass is 79.9. The van der Waals surface area contributed by atoms with E-state index in [4.69, 9.17) is 4.74 Å². The molecule has 0 aromatic carbocycles. The third-order valence-corrected chi connectivity index (χ3v) is 4.34. The Morgan fingerprint density at radius 2 is 1.85 bits per heavy atom. The van der Waals surface area contributed by atoms with Crippen LogP contribution in [-0.2, 0) is 6.54 Å². The van der Waals surface area contributed by atoms with Crippen molar-refractivity contribution in [3.8, 4) is 5.75 Å². The number of ether oxygens (including phenoxy) is 1. The van der Waals surface area contributed by atoms with Gasteiger partial charge in [-0.05, 0) is 13.8 Å². The van der Waals surface area contributed by atoms with Crippen LogP contribution >= 0.6 is 15.9 Å². The Morgan fingerprint density at radius 3 is 2.45 bits per heavy atom. The second-order valence-electron chi connectivity index (χ2n) is 5.35. The zero-order valence-corrected chi connectivity index (χ0v) is 14.2. The maximum Gasteiger partial charge on any atom is 0.128 e. The maximum absolute atomic E-state index is 5.48. The van der Waals surface area contributed by atoms with Crippen molar-refractivity contribution in [2.45, 2.75) is 20.4 Å². The summed E-state index contributed by atoms with van der Waals surface area (Å²) in [7, 11) is 1.73. The summed E-state index contributed by atoms with van der Waals surface area (Å²) < 4.78 is 5.48. The minimum absolute atomic E-state index is 0.921. The molecule has 2 heterocycles. The van der Waals surface area contributed by atoms with E-state index >= 15 is 0 Å². The molecule has 20 heavy (non-hydrogen) atoms. The van der Waals surface area contributed by atoms with E-state index in [2.05, 4.69) is 37.6 Å². The number of aryl methyl sites for hydroxylation is 1. The summed E-state index contributed by atoms with van der Waals surface area (Å²) in [5.74, 6) is 0.980. The minimum atomic E-state index is 0.921. The van der Waals surface area contributed by atoms with Gasteiger partial charge in [-0.2, -0.15) is 0 Å². The first-order valence-electron chi connectivity index (χ1n) is 7.15. The molecule has 2 rings (SSSR count). The van der Waals surface area contributed by atoms with Gasteiger partial charge in [-0.15, -0.1) is 0 Å². The van der Waals surface area contributed by atoms with Crippen LogP contribution in [0.25, 0.3) is 0 Å². The standard InChI is InChI=1S/C15H24BrN3O/c1-12-10-17-14(13(2)15(12)20-3)11-19-8-6-18(5-4-16)7-9-19/h10H,4-9,11H2,1-3H3. The number of nitrogens with zero attached hydrogens (tertiary/aromatic N) is 3. The first kappa shape index (κ1) is 15.7. The summed E-state index contributed by atoms with van der Waals surface area (Å²) in [5, 5.41) is 1.06. The fraction of sp³-hybridized carbons (Fsp3) is 0.667. The molecular weight excluding hydrogens is 318 g/mol. The van der Waals surface area contributed by atoms with Crippen molar-refractivity contribution in [3.05, 3.63) is 23.0 Å². The molecule has 0 amide bonds. The van der Waals surface area contributed by atoms with E-state index in [0.29, 0.717) is 0 Å². The normalized spacial score (nSPS) is 17.4. The van der Waals surface area contributed by atoms with Crippen molar-refractivity contribution in [1.29, 1.82) is 0 Å². The summed E-state index contributed by atoms with van der Waals surface area (Å²) in [6, 6.07) is 0. The zero-order valence-electron chi connectivity index (χ0n) is 12.7. The summed E-state index contributed by atoms with van der Waals surface area (Å²) in [6.07, 6.45) is 1.92. The Bertz CT molecular complexity index is 445. The molecular formula is C15H24BrN3O. The Balaban J connectivity index is 1.98. The predicted octanol–water partition coefficient (Wildman–Crippen LogP) is 2.22. The number of halogens is 1. The number of hydrogen-bond acceptors (Lipinski definition) is 4. The number of hydrogen-bond donors (Lipinski definition) is 0. The van der Waals surface area contributed by atoms with Gasteiger partial charge in [0, 0.05) is 61.9 Å². The molecule has 5 heteroatoms. The van der Waals surface area contributed by atoms with Gasteiger partial charge in [0.25, 0.3) is 0 Å². The first-order valence-corrected chi connectivity index (χ1v) is 8.27. The largest absolute Gasteiger partial charge is 0.496 e. The van der Waals surface area contributed by atoms with E-state index < -0.39 is 0 Å². The number of pyridine rings is 1. The Morgan fingerprint density at radius 1 is 1.20 bits per heavy atom. The number of rotatable bonds is 5. The van der Waals surface area contributed by atoms with Gasteiger partial charge in [0.15, 0.2) is 0 Å². The van der Waals surface area contributed by atoms with Gasteiger partial charge in [-0.1, -0.05) is 15.9 Å². The third-order valence-electron chi connectivity index (χ3n) is 3.99. The van der Waals surface area contributed by atoms with Crippen LogP contribution < -0.4 is 4.74 Å². The molecule has 0 atom stereocenters. The molecule has 1 aliphatic heterocycles. The number of piperazine rings is 1. The molecule has 0 radical (unpaired) electrons. The van der Waals surface area contributed by atoms with Crippen LogP contribution in [0.2, 0.25) is 0 Å². The van der Waals surface area contributed by atoms with Gasteiger partial charge in [-0.25, -0.2) is 0 Å². The molecule has 1 fully saturated rings. The Labute approximate surface area is 130 Å². The van der Waals surface area contributed by atoms with Gasteiger partial charge < -0.3 is 4.74 Å². The minimum Gasteiger partial charge on any atom is -0.496 e. The quantitative estimate of drug-likeness (QED) is 0.768. The zero-order chi connectivity index (χ0) is 14.5. The number of aromatic nitrogens is 1. The summed E-state index contributed by atoms with van der Waals surface area (Å²) >= 11 is 3.51. The topological polar surface area (TPSA) is 28.6 Å². The number of methoxy groups -OCH3 is 1. The average molecular weight is 342 g/mol. The van der Waals surface area contributed by atoms with Crippen molar-refractivity contribution in [3.63, 3.8) is 0 Å². The van der Waals surface area contributed by atoms with E-state index in [9.17, 15) is 0 Å². The highest BCUT2D eigenvalue weighted by Crippen LogP contribution is 2.24.